The van der Waals surface area contributed by atoms with E-state index in [0.29, 0.717) is 16.3 Å². The maximum absolute atomic E-state index is 11.4. The Hall–Kier alpha value is -1.60. The van der Waals surface area contributed by atoms with Crippen LogP contribution in [0.4, 0.5) is 5.69 Å². The monoisotopic (exact) mass is 301 g/mol. The van der Waals surface area contributed by atoms with Crippen molar-refractivity contribution in [3.05, 3.63) is 29.0 Å². The van der Waals surface area contributed by atoms with Crippen LogP contribution in [-0.4, -0.2) is 24.8 Å². The summed E-state index contributed by atoms with van der Waals surface area (Å²) >= 11 is 5.88. The highest BCUT2D eigenvalue weighted by Crippen LogP contribution is 2.26. The number of halogens is 1. The summed E-state index contributed by atoms with van der Waals surface area (Å²) in [7, 11) is -3.28. The first kappa shape index (κ1) is 13.8. The molecule has 0 fully saturated rings. The first-order valence-electron chi connectivity index (χ1n) is 5.36. The van der Waals surface area contributed by atoms with E-state index in [9.17, 15) is 8.42 Å². The van der Waals surface area contributed by atoms with Gasteiger partial charge in [-0.25, -0.2) is 8.42 Å². The number of sulfone groups is 1. The highest BCUT2D eigenvalue weighted by Gasteiger charge is 2.23. The quantitative estimate of drug-likeness (QED) is 0.871. The zero-order chi connectivity index (χ0) is 14.2. The van der Waals surface area contributed by atoms with Crippen LogP contribution in [0.3, 0.4) is 0 Å². The maximum Gasteiger partial charge on any atom is 0.258 e. The number of nitrogens with zero attached hydrogens (tertiary/aromatic N) is 2. The number of hydrogen-bond donors (Lipinski definition) is 1. The number of hydrogen-bond acceptors (Lipinski definition) is 6. The fourth-order valence-corrected chi connectivity index (χ4v) is 2.17. The minimum Gasteiger partial charge on any atom is -0.399 e. The molecular formula is C11H12ClN3O3S. The largest absolute Gasteiger partial charge is 0.399 e. The number of nitrogens with two attached hydrogens (primary N) is 1. The summed E-state index contributed by atoms with van der Waals surface area (Å²) in [6, 6.07) is 4.82. The molecule has 2 N–H and O–H groups in total. The van der Waals surface area contributed by atoms with E-state index in [2.05, 4.69) is 10.1 Å². The molecule has 19 heavy (non-hydrogen) atoms. The second-order valence-electron chi connectivity index (χ2n) is 4.20. The van der Waals surface area contributed by atoms with Crippen LogP contribution >= 0.6 is 11.6 Å². The van der Waals surface area contributed by atoms with Gasteiger partial charge in [0.15, 0.2) is 15.7 Å². The van der Waals surface area contributed by atoms with Crippen LogP contribution < -0.4 is 5.73 Å². The van der Waals surface area contributed by atoms with Crippen LogP contribution in [0.15, 0.2) is 22.7 Å². The predicted molar refractivity (Wildman–Crippen MR) is 72.4 cm³/mol. The van der Waals surface area contributed by atoms with Crippen molar-refractivity contribution < 1.29 is 12.9 Å². The van der Waals surface area contributed by atoms with Gasteiger partial charge < -0.3 is 10.3 Å². The molecule has 1 aromatic heterocycles. The molecule has 1 heterocycles. The summed E-state index contributed by atoms with van der Waals surface area (Å²) in [6.07, 6.45) is 1.12. The topological polar surface area (TPSA) is 99.1 Å². The third kappa shape index (κ3) is 3.05. The highest BCUT2D eigenvalue weighted by molar-refractivity contribution is 7.90. The summed E-state index contributed by atoms with van der Waals surface area (Å²) in [5, 5.41) is 3.27. The lowest BCUT2D eigenvalue weighted by Gasteiger charge is -2.02. The molecule has 0 spiro atoms. The summed E-state index contributed by atoms with van der Waals surface area (Å²) in [5.74, 6) is 0.288. The SMILES string of the molecule is CC(c1noc(-c2cc(N)cc(Cl)c2)n1)S(C)(=O)=O. The summed E-state index contributed by atoms with van der Waals surface area (Å²) in [6.45, 7) is 1.50. The van der Waals surface area contributed by atoms with Gasteiger partial charge >= 0.3 is 0 Å². The molecule has 0 aliphatic carbocycles. The van der Waals surface area contributed by atoms with Crippen LogP contribution in [0.25, 0.3) is 11.5 Å². The molecule has 1 aromatic carbocycles. The van der Waals surface area contributed by atoms with Crippen LogP contribution in [0.2, 0.25) is 5.02 Å². The van der Waals surface area contributed by atoms with Gasteiger partial charge in [-0.05, 0) is 25.1 Å². The second-order valence-corrected chi connectivity index (χ2v) is 7.01. The van der Waals surface area contributed by atoms with Crippen molar-refractivity contribution in [1.82, 2.24) is 10.1 Å². The standard InChI is InChI=1S/C11H12ClN3O3S/c1-6(19(2,16)17)10-14-11(18-15-10)7-3-8(12)5-9(13)4-7/h3-6H,13H2,1-2H3. The lowest BCUT2D eigenvalue weighted by Crippen LogP contribution is -2.09. The van der Waals surface area contributed by atoms with Crippen molar-refractivity contribution in [2.45, 2.75) is 12.2 Å². The normalized spacial score (nSPS) is 13.4. The average Bonchev–Trinajstić information content (AvgIpc) is 2.74. The second kappa shape index (κ2) is 4.82. The maximum atomic E-state index is 11.4. The van der Waals surface area contributed by atoms with E-state index in [4.69, 9.17) is 21.9 Å². The zero-order valence-corrected chi connectivity index (χ0v) is 11.9. The molecule has 0 bridgehead atoms. The van der Waals surface area contributed by atoms with Gasteiger partial charge in [-0.1, -0.05) is 16.8 Å². The van der Waals surface area contributed by atoms with Crippen molar-refractivity contribution >= 4 is 27.1 Å². The van der Waals surface area contributed by atoms with Crippen LogP contribution in [-0.2, 0) is 9.84 Å². The van der Waals surface area contributed by atoms with Crippen LogP contribution in [0, 0.1) is 0 Å². The van der Waals surface area contributed by atoms with E-state index in [1.54, 1.807) is 18.2 Å². The molecule has 0 saturated carbocycles. The summed E-state index contributed by atoms with van der Waals surface area (Å²) in [4.78, 5) is 4.06. The molecule has 1 atom stereocenters. The fraction of sp³-hybridized carbons (Fsp3) is 0.273. The van der Waals surface area contributed by atoms with Crippen LogP contribution in [0.5, 0.6) is 0 Å². The van der Waals surface area contributed by atoms with Gasteiger partial charge in [0.25, 0.3) is 5.89 Å². The smallest absolute Gasteiger partial charge is 0.258 e. The van der Waals surface area contributed by atoms with E-state index >= 15 is 0 Å². The molecule has 0 aliphatic rings. The minimum atomic E-state index is -3.28. The van der Waals surface area contributed by atoms with Crippen molar-refractivity contribution in [2.75, 3.05) is 12.0 Å². The Labute approximate surface area is 115 Å². The van der Waals surface area contributed by atoms with E-state index < -0.39 is 15.1 Å². The molecule has 0 saturated heterocycles. The number of anilines is 1. The number of aromatic nitrogens is 2. The Kier molecular flexibility index (Phi) is 3.51. The molecule has 102 valence electrons. The molecule has 1 unspecified atom stereocenters. The highest BCUT2D eigenvalue weighted by atomic mass is 35.5. The molecule has 8 heteroatoms. The van der Waals surface area contributed by atoms with Crippen molar-refractivity contribution in [3.8, 4) is 11.5 Å². The van der Waals surface area contributed by atoms with Gasteiger partial charge in [0.2, 0.25) is 0 Å². The van der Waals surface area contributed by atoms with E-state index in [-0.39, 0.29) is 11.7 Å². The fourth-order valence-electron chi connectivity index (χ4n) is 1.44. The van der Waals surface area contributed by atoms with Gasteiger partial charge in [0, 0.05) is 22.5 Å². The first-order chi connectivity index (χ1) is 8.77. The van der Waals surface area contributed by atoms with Gasteiger partial charge in [0.1, 0.15) is 5.25 Å². The van der Waals surface area contributed by atoms with Gasteiger partial charge in [-0.2, -0.15) is 4.98 Å². The predicted octanol–water partition coefficient (Wildman–Crippen LogP) is 2.08. The molecule has 0 aliphatic heterocycles. The lowest BCUT2D eigenvalue weighted by atomic mass is 10.2. The van der Waals surface area contributed by atoms with Gasteiger partial charge in [0.05, 0.1) is 0 Å². The number of nitrogen functional groups attached to an aromatic ring is 1. The third-order valence-electron chi connectivity index (χ3n) is 2.61. The Morgan fingerprint density at radius 1 is 1.37 bits per heavy atom. The molecule has 0 radical (unpaired) electrons. The molecule has 6 nitrogen and oxygen atoms in total. The Morgan fingerprint density at radius 3 is 2.63 bits per heavy atom. The van der Waals surface area contributed by atoms with Crippen molar-refractivity contribution in [1.29, 1.82) is 0 Å². The summed E-state index contributed by atoms with van der Waals surface area (Å²) in [5.41, 5.74) is 6.67. The van der Waals surface area contributed by atoms with Crippen LogP contribution in [0.1, 0.15) is 18.0 Å². The molecular weight excluding hydrogens is 290 g/mol. The average molecular weight is 302 g/mol. The number of benzene rings is 1. The zero-order valence-electron chi connectivity index (χ0n) is 10.3. The van der Waals surface area contributed by atoms with E-state index in [1.165, 1.54) is 6.92 Å². The minimum absolute atomic E-state index is 0.107. The van der Waals surface area contributed by atoms with Gasteiger partial charge in [-0.15, -0.1) is 0 Å². The molecule has 2 rings (SSSR count). The molecule has 0 amide bonds. The van der Waals surface area contributed by atoms with E-state index in [1.807, 2.05) is 0 Å². The van der Waals surface area contributed by atoms with Crippen molar-refractivity contribution in [2.24, 2.45) is 0 Å². The van der Waals surface area contributed by atoms with E-state index in [0.717, 1.165) is 6.26 Å². The lowest BCUT2D eigenvalue weighted by molar-refractivity contribution is 0.422. The summed E-state index contributed by atoms with van der Waals surface area (Å²) < 4.78 is 27.9. The van der Waals surface area contributed by atoms with Crippen molar-refractivity contribution in [3.63, 3.8) is 0 Å². The third-order valence-corrected chi connectivity index (χ3v) is 4.33. The molecule has 2 aromatic rings. The first-order valence-corrected chi connectivity index (χ1v) is 7.69. The number of rotatable bonds is 3. The van der Waals surface area contributed by atoms with Gasteiger partial charge in [-0.3, -0.25) is 0 Å². The Balaban J connectivity index is 2.41. The Morgan fingerprint density at radius 2 is 2.05 bits per heavy atom. The Bertz CT molecular complexity index is 691.